The minimum Gasteiger partial charge on any atom is -0.504 e. The quantitative estimate of drug-likeness (QED) is 0.244. The van der Waals surface area contributed by atoms with Crippen LogP contribution in [0.1, 0.15) is 110 Å². The Morgan fingerprint density at radius 1 is 1.02 bits per heavy atom. The molecule has 0 radical (unpaired) electrons. The number of aromatic nitrogens is 2. The Morgan fingerprint density at radius 3 is 2.50 bits per heavy atom. The number of aliphatic hydroxyl groups excluding tert-OH is 1. The molecule has 1 heterocycles. The summed E-state index contributed by atoms with van der Waals surface area (Å²) in [6.07, 6.45) is 17.8. The number of ketones is 1. The molecule has 0 spiro atoms. The van der Waals surface area contributed by atoms with E-state index in [1.54, 1.807) is 18.6 Å². The average Bonchev–Trinajstić information content (AvgIpc) is 3.51. The zero-order valence-electron chi connectivity index (χ0n) is 28.6. The smallest absolute Gasteiger partial charge is 0.358 e. The number of aliphatic hydroxyl groups is 1. The van der Waals surface area contributed by atoms with Gasteiger partial charge in [-0.2, -0.15) is 0 Å². The number of methoxy groups -OCH3 is 1. The van der Waals surface area contributed by atoms with Crippen LogP contribution >= 0.6 is 0 Å². The fraction of sp³-hybridized carbons (Fsp3) is 0.632. The van der Waals surface area contributed by atoms with E-state index in [4.69, 9.17) is 9.47 Å². The van der Waals surface area contributed by atoms with E-state index in [-0.39, 0.29) is 44.9 Å². The Labute approximate surface area is 273 Å². The van der Waals surface area contributed by atoms with Gasteiger partial charge in [0.25, 0.3) is 0 Å². The van der Waals surface area contributed by atoms with Crippen molar-refractivity contribution in [1.29, 1.82) is 0 Å². The van der Waals surface area contributed by atoms with E-state index in [2.05, 4.69) is 51.8 Å². The van der Waals surface area contributed by atoms with Crippen molar-refractivity contribution < 1.29 is 29.0 Å². The second kappa shape index (κ2) is 11.1. The van der Waals surface area contributed by atoms with E-state index in [9.17, 15) is 19.5 Å². The fourth-order valence-corrected chi connectivity index (χ4v) is 10.1. The van der Waals surface area contributed by atoms with Gasteiger partial charge in [-0.05, 0) is 111 Å². The molecular formula is C38H50N2O6. The first kappa shape index (κ1) is 32.5. The van der Waals surface area contributed by atoms with Crippen LogP contribution in [0.25, 0.3) is 0 Å². The largest absolute Gasteiger partial charge is 0.504 e. The van der Waals surface area contributed by atoms with Gasteiger partial charge in [-0.15, -0.1) is 0 Å². The number of carbonyl (C=O) groups is 3. The lowest BCUT2D eigenvalue weighted by Crippen LogP contribution is -2.62. The van der Waals surface area contributed by atoms with Crippen LogP contribution in [0.2, 0.25) is 0 Å². The Bertz CT molecular complexity index is 1610. The maximum atomic E-state index is 13.7. The first-order valence-corrected chi connectivity index (χ1v) is 17.0. The van der Waals surface area contributed by atoms with Crippen molar-refractivity contribution in [2.24, 2.45) is 33.0 Å². The molecule has 8 nitrogen and oxygen atoms in total. The number of unbranched alkanes of at least 4 members (excludes halogenated alkanes) is 1. The van der Waals surface area contributed by atoms with Crippen molar-refractivity contribution in [3.63, 3.8) is 0 Å². The first-order valence-electron chi connectivity index (χ1n) is 17.0. The number of esters is 2. The van der Waals surface area contributed by atoms with Gasteiger partial charge in [-0.1, -0.05) is 45.4 Å². The number of hydrogen-bond acceptors (Lipinski definition) is 7. The summed E-state index contributed by atoms with van der Waals surface area (Å²) in [7, 11) is 1.34. The number of nitrogens with zero attached hydrogens (tertiary/aromatic N) is 2. The Balaban J connectivity index is 1.17. The molecule has 0 amide bonds. The molecule has 0 aliphatic heterocycles. The number of imidazole rings is 1. The number of carbonyl (C=O) groups excluding carboxylic acids is 3. The molecule has 0 aromatic carbocycles. The summed E-state index contributed by atoms with van der Waals surface area (Å²) < 4.78 is 12.5. The van der Waals surface area contributed by atoms with Gasteiger partial charge in [0.1, 0.15) is 0 Å². The molecule has 46 heavy (non-hydrogen) atoms. The molecule has 0 bridgehead atoms. The molecule has 5 aliphatic carbocycles. The number of ether oxygens (including phenoxy) is 2. The van der Waals surface area contributed by atoms with E-state index < -0.39 is 11.4 Å². The lowest BCUT2D eigenvalue weighted by Gasteiger charge is -2.70. The highest BCUT2D eigenvalue weighted by atomic mass is 16.5. The highest BCUT2D eigenvalue weighted by molar-refractivity contribution is 6.06. The number of hydrogen-bond donors (Lipinski definition) is 1. The summed E-state index contributed by atoms with van der Waals surface area (Å²) in [5.41, 5.74) is 3.67. The molecule has 3 saturated carbocycles. The standard InChI is InChI=1S/C38H50N2O6/c1-24-25-10-11-29-36(4,26(25)20-28(41)31(24)42)15-17-38(6)30-21-35(3,13-12-34(30,2)14-16-37(29,38)5)33(44)46-19-9-8-18-40-22-27(39-23-40)32(43)45-7/h10-11,20,22-23,30,42H,8-9,12-19,21H2,1-7H3/t30-,34-,35-,36+,37-,38+/m1/s1. The van der Waals surface area contributed by atoms with Crippen LogP contribution in [0.15, 0.2) is 58.8 Å². The summed E-state index contributed by atoms with van der Waals surface area (Å²) in [6.45, 7) is 14.7. The highest BCUT2D eigenvalue weighted by Gasteiger charge is 2.67. The summed E-state index contributed by atoms with van der Waals surface area (Å²) in [6, 6.07) is 0. The van der Waals surface area contributed by atoms with Crippen LogP contribution in [-0.2, 0) is 25.6 Å². The van der Waals surface area contributed by atoms with Gasteiger partial charge in [0.2, 0.25) is 5.78 Å². The molecule has 0 saturated heterocycles. The summed E-state index contributed by atoms with van der Waals surface area (Å²) in [5.74, 6) is -0.612. The Hall–Kier alpha value is -3.42. The van der Waals surface area contributed by atoms with Crippen LogP contribution in [0.4, 0.5) is 0 Å². The van der Waals surface area contributed by atoms with Crippen molar-refractivity contribution in [3.05, 3.63) is 64.5 Å². The Kier molecular flexibility index (Phi) is 7.84. The SMILES string of the molecule is COC(=O)c1cn(CCCCOC(=O)[C@]2(C)CC[C@]3(C)CC[C@]4(C)C5=CC=C6C(=CC(=O)C(O)=C6C)[C@]5(C)CC[C@@]4(C)[C@@H]3C2)cn1. The van der Waals surface area contributed by atoms with Gasteiger partial charge in [0.05, 0.1) is 25.5 Å². The zero-order valence-corrected chi connectivity index (χ0v) is 28.6. The molecule has 6 atom stereocenters. The summed E-state index contributed by atoms with van der Waals surface area (Å²) in [5, 5.41) is 10.4. The van der Waals surface area contributed by atoms with Gasteiger partial charge in [0.15, 0.2) is 11.5 Å². The van der Waals surface area contributed by atoms with Gasteiger partial charge in [-0.25, -0.2) is 9.78 Å². The first-order chi connectivity index (χ1) is 21.6. The molecule has 8 heteroatoms. The van der Waals surface area contributed by atoms with Crippen molar-refractivity contribution in [2.75, 3.05) is 13.7 Å². The third-order valence-electron chi connectivity index (χ3n) is 13.4. The predicted octanol–water partition coefficient (Wildman–Crippen LogP) is 7.62. The molecule has 6 rings (SSSR count). The summed E-state index contributed by atoms with van der Waals surface area (Å²) >= 11 is 0. The average molecular weight is 631 g/mol. The van der Waals surface area contributed by atoms with Crippen molar-refractivity contribution in [1.82, 2.24) is 9.55 Å². The maximum absolute atomic E-state index is 13.7. The van der Waals surface area contributed by atoms with Crippen LogP contribution in [-0.4, -0.2) is 46.1 Å². The third kappa shape index (κ3) is 4.76. The molecule has 1 aromatic rings. The van der Waals surface area contributed by atoms with Crippen molar-refractivity contribution >= 4 is 17.7 Å². The van der Waals surface area contributed by atoms with E-state index in [1.807, 2.05) is 11.5 Å². The second-order valence-corrected chi connectivity index (χ2v) is 15.9. The predicted molar refractivity (Wildman–Crippen MR) is 175 cm³/mol. The van der Waals surface area contributed by atoms with Crippen LogP contribution in [0, 0.1) is 33.0 Å². The Morgan fingerprint density at radius 2 is 1.76 bits per heavy atom. The molecule has 248 valence electrons. The van der Waals surface area contributed by atoms with E-state index in [0.717, 1.165) is 68.9 Å². The van der Waals surface area contributed by atoms with Gasteiger partial charge >= 0.3 is 11.9 Å². The van der Waals surface area contributed by atoms with Crippen molar-refractivity contribution in [3.8, 4) is 0 Å². The van der Waals surface area contributed by atoms with Gasteiger partial charge < -0.3 is 19.1 Å². The van der Waals surface area contributed by atoms with Crippen LogP contribution in [0.5, 0.6) is 0 Å². The second-order valence-electron chi connectivity index (χ2n) is 15.9. The molecule has 3 fully saturated rings. The van der Waals surface area contributed by atoms with Gasteiger partial charge in [-0.3, -0.25) is 9.59 Å². The number of allylic oxidation sites excluding steroid dienone is 7. The molecule has 1 N–H and O–H groups in total. The number of fused-ring (bicyclic) bond motifs is 7. The number of rotatable bonds is 7. The van der Waals surface area contributed by atoms with E-state index >= 15 is 0 Å². The van der Waals surface area contributed by atoms with Crippen molar-refractivity contribution in [2.45, 2.75) is 106 Å². The van der Waals surface area contributed by atoms with Crippen LogP contribution < -0.4 is 0 Å². The molecule has 0 unspecified atom stereocenters. The monoisotopic (exact) mass is 630 g/mol. The zero-order chi connectivity index (χ0) is 33.3. The fourth-order valence-electron chi connectivity index (χ4n) is 10.1. The van der Waals surface area contributed by atoms with E-state index in [0.29, 0.717) is 24.6 Å². The topological polar surface area (TPSA) is 108 Å². The number of aryl methyl sites for hydroxylation is 1. The lowest BCUT2D eigenvalue weighted by molar-refractivity contribution is -0.182. The summed E-state index contributed by atoms with van der Waals surface area (Å²) in [4.78, 5) is 42.3. The van der Waals surface area contributed by atoms with Gasteiger partial charge in [0, 0.05) is 23.7 Å². The maximum Gasteiger partial charge on any atom is 0.358 e. The van der Waals surface area contributed by atoms with E-state index in [1.165, 1.54) is 12.7 Å². The molecular weight excluding hydrogens is 580 g/mol. The molecule has 5 aliphatic rings. The lowest BCUT2D eigenvalue weighted by atomic mass is 9.34. The minimum absolute atomic E-state index is 0.0151. The van der Waals surface area contributed by atoms with Crippen LogP contribution in [0.3, 0.4) is 0 Å². The normalized spacial score (nSPS) is 36.7. The minimum atomic E-state index is -0.530. The highest BCUT2D eigenvalue weighted by Crippen LogP contribution is 2.75. The molecule has 1 aromatic heterocycles. The third-order valence-corrected chi connectivity index (χ3v) is 13.4.